The third-order valence-electron chi connectivity index (χ3n) is 4.25. The fourth-order valence-corrected chi connectivity index (χ4v) is 3.03. The van der Waals surface area contributed by atoms with E-state index in [9.17, 15) is 14.9 Å². The predicted molar refractivity (Wildman–Crippen MR) is 81.6 cm³/mol. The monoisotopic (exact) mass is 310 g/mol. The van der Waals surface area contributed by atoms with Gasteiger partial charge >= 0.3 is 0 Å². The van der Waals surface area contributed by atoms with Crippen LogP contribution in [0.15, 0.2) is 18.2 Å². The molecule has 0 unspecified atom stereocenters. The summed E-state index contributed by atoms with van der Waals surface area (Å²) in [7, 11) is 1.78. The molecule has 21 heavy (non-hydrogen) atoms. The van der Waals surface area contributed by atoms with Crippen molar-refractivity contribution in [2.75, 3.05) is 7.05 Å². The Balaban J connectivity index is 2.14. The van der Waals surface area contributed by atoms with E-state index >= 15 is 0 Å². The molecule has 0 bridgehead atoms. The summed E-state index contributed by atoms with van der Waals surface area (Å²) < 4.78 is 0. The van der Waals surface area contributed by atoms with Gasteiger partial charge in [-0.25, -0.2) is 0 Å². The molecule has 1 saturated carbocycles. The fraction of sp³-hybridized carbons (Fsp3) is 0.533. The lowest BCUT2D eigenvalue weighted by atomic mass is 9.86. The van der Waals surface area contributed by atoms with Crippen molar-refractivity contribution in [3.63, 3.8) is 0 Å². The van der Waals surface area contributed by atoms with E-state index in [1.54, 1.807) is 11.9 Å². The molecule has 0 aliphatic heterocycles. The molecule has 0 spiro atoms. The number of benzene rings is 1. The van der Waals surface area contributed by atoms with Crippen LogP contribution in [0.2, 0.25) is 5.02 Å². The van der Waals surface area contributed by atoms with E-state index in [0.29, 0.717) is 11.5 Å². The molecule has 5 nitrogen and oxygen atoms in total. The summed E-state index contributed by atoms with van der Waals surface area (Å²) in [6.07, 6.45) is 4.23. The molecule has 0 radical (unpaired) electrons. The largest absolute Gasteiger partial charge is 0.339 e. The highest BCUT2D eigenvalue weighted by Crippen LogP contribution is 2.29. The first kappa shape index (κ1) is 15.8. The zero-order valence-electron chi connectivity index (χ0n) is 12.2. The first-order chi connectivity index (χ1) is 9.90. The molecule has 1 amide bonds. The van der Waals surface area contributed by atoms with Gasteiger partial charge in [0.2, 0.25) is 0 Å². The Hall–Kier alpha value is -1.62. The summed E-state index contributed by atoms with van der Waals surface area (Å²) in [4.78, 5) is 24.4. The second kappa shape index (κ2) is 6.43. The molecule has 1 aliphatic rings. The number of rotatable bonds is 3. The molecule has 2 rings (SSSR count). The van der Waals surface area contributed by atoms with E-state index in [2.05, 4.69) is 6.92 Å². The van der Waals surface area contributed by atoms with Crippen LogP contribution in [0, 0.1) is 16.0 Å². The molecule has 0 aromatic heterocycles. The van der Waals surface area contributed by atoms with Crippen molar-refractivity contribution in [1.29, 1.82) is 0 Å². The summed E-state index contributed by atoms with van der Waals surface area (Å²) in [5.74, 6) is 0.544. The van der Waals surface area contributed by atoms with Crippen molar-refractivity contribution in [3.05, 3.63) is 38.9 Å². The molecule has 114 valence electrons. The summed E-state index contributed by atoms with van der Waals surface area (Å²) in [5.41, 5.74) is 0.217. The molecule has 0 atom stereocenters. The first-order valence-corrected chi connectivity index (χ1v) is 7.49. The first-order valence-electron chi connectivity index (χ1n) is 7.11. The summed E-state index contributed by atoms with van der Waals surface area (Å²) in [5, 5.41) is 10.8. The number of carbonyl (C=O) groups is 1. The lowest BCUT2D eigenvalue weighted by molar-refractivity contribution is -0.384. The van der Waals surface area contributed by atoms with Gasteiger partial charge in [-0.15, -0.1) is 0 Å². The average Bonchev–Trinajstić information content (AvgIpc) is 2.46. The minimum Gasteiger partial charge on any atom is -0.339 e. The molecule has 6 heteroatoms. The number of carbonyl (C=O) groups excluding carboxylic acids is 1. The zero-order chi connectivity index (χ0) is 15.6. The second-order valence-corrected chi connectivity index (χ2v) is 6.16. The number of amides is 1. The number of nitrogens with zero attached hydrogens (tertiary/aromatic N) is 2. The number of hydrogen-bond donors (Lipinski definition) is 0. The highest BCUT2D eigenvalue weighted by atomic mass is 35.5. The van der Waals surface area contributed by atoms with Gasteiger partial charge in [-0.3, -0.25) is 14.9 Å². The Morgan fingerprint density at radius 2 is 1.95 bits per heavy atom. The second-order valence-electron chi connectivity index (χ2n) is 5.75. The third-order valence-corrected chi connectivity index (χ3v) is 4.56. The van der Waals surface area contributed by atoms with E-state index in [1.165, 1.54) is 18.2 Å². The maximum atomic E-state index is 12.5. The fourth-order valence-electron chi connectivity index (χ4n) is 2.78. The van der Waals surface area contributed by atoms with Crippen molar-refractivity contribution in [1.82, 2.24) is 4.90 Å². The van der Waals surface area contributed by atoms with Crippen LogP contribution in [0.3, 0.4) is 0 Å². The Kier molecular flexibility index (Phi) is 4.83. The van der Waals surface area contributed by atoms with Crippen LogP contribution >= 0.6 is 11.6 Å². The summed E-state index contributed by atoms with van der Waals surface area (Å²) in [6, 6.07) is 4.20. The van der Waals surface area contributed by atoms with Crippen molar-refractivity contribution >= 4 is 23.2 Å². The van der Waals surface area contributed by atoms with Gasteiger partial charge in [-0.2, -0.15) is 0 Å². The van der Waals surface area contributed by atoms with Gasteiger partial charge in [0.15, 0.2) is 0 Å². The van der Waals surface area contributed by atoms with Crippen molar-refractivity contribution in [3.8, 4) is 0 Å². The molecule has 0 N–H and O–H groups in total. The number of hydrogen-bond acceptors (Lipinski definition) is 3. The summed E-state index contributed by atoms with van der Waals surface area (Å²) >= 11 is 6.02. The Morgan fingerprint density at radius 1 is 1.33 bits per heavy atom. The molecule has 1 aromatic carbocycles. The van der Waals surface area contributed by atoms with Crippen LogP contribution in [0.5, 0.6) is 0 Å². The molecule has 1 aromatic rings. The molecule has 0 saturated heterocycles. The van der Waals surface area contributed by atoms with E-state index in [1.807, 2.05) is 0 Å². The molecule has 0 heterocycles. The molecular weight excluding hydrogens is 292 g/mol. The van der Waals surface area contributed by atoms with E-state index in [4.69, 9.17) is 11.6 Å². The Labute approximate surface area is 129 Å². The quantitative estimate of drug-likeness (QED) is 0.628. The van der Waals surface area contributed by atoms with Crippen LogP contribution in [-0.4, -0.2) is 28.8 Å². The van der Waals surface area contributed by atoms with Crippen LogP contribution < -0.4 is 0 Å². The van der Waals surface area contributed by atoms with Gasteiger partial charge in [-0.05, 0) is 37.7 Å². The van der Waals surface area contributed by atoms with Crippen molar-refractivity contribution in [2.45, 2.75) is 38.6 Å². The number of nitro benzene ring substituents is 1. The van der Waals surface area contributed by atoms with Gasteiger partial charge < -0.3 is 4.90 Å². The normalized spacial score (nSPS) is 21.9. The number of non-ortho nitro benzene ring substituents is 1. The van der Waals surface area contributed by atoms with Crippen LogP contribution in [-0.2, 0) is 0 Å². The number of halogens is 1. The minimum absolute atomic E-state index is 0.106. The van der Waals surface area contributed by atoms with Crippen LogP contribution in [0.1, 0.15) is 43.0 Å². The van der Waals surface area contributed by atoms with Crippen molar-refractivity contribution < 1.29 is 9.72 Å². The molecule has 1 fully saturated rings. The lowest BCUT2D eigenvalue weighted by Gasteiger charge is -2.33. The topological polar surface area (TPSA) is 63.5 Å². The van der Waals surface area contributed by atoms with Crippen LogP contribution in [0.25, 0.3) is 0 Å². The van der Waals surface area contributed by atoms with E-state index in [-0.39, 0.29) is 22.7 Å². The molecular formula is C15H19ClN2O3. The van der Waals surface area contributed by atoms with Gasteiger partial charge in [0, 0.05) is 25.2 Å². The molecule has 1 aliphatic carbocycles. The Bertz CT molecular complexity index is 554. The average molecular weight is 311 g/mol. The van der Waals surface area contributed by atoms with Gasteiger partial charge in [0.1, 0.15) is 0 Å². The lowest BCUT2D eigenvalue weighted by Crippen LogP contribution is -2.39. The maximum Gasteiger partial charge on any atom is 0.270 e. The third kappa shape index (κ3) is 3.53. The van der Waals surface area contributed by atoms with Gasteiger partial charge in [0.25, 0.3) is 11.6 Å². The summed E-state index contributed by atoms with van der Waals surface area (Å²) in [6.45, 7) is 2.23. The predicted octanol–water partition coefficient (Wildman–Crippen LogP) is 3.90. The smallest absolute Gasteiger partial charge is 0.270 e. The van der Waals surface area contributed by atoms with Gasteiger partial charge in [-0.1, -0.05) is 18.5 Å². The number of nitro groups is 1. The highest BCUT2D eigenvalue weighted by molar-refractivity contribution is 6.34. The van der Waals surface area contributed by atoms with E-state index in [0.717, 1.165) is 25.7 Å². The SMILES string of the molecule is CC1CCC(N(C)C(=O)c2ccc([N+](=O)[O-])cc2Cl)CC1. The maximum absolute atomic E-state index is 12.5. The highest BCUT2D eigenvalue weighted by Gasteiger charge is 2.27. The zero-order valence-corrected chi connectivity index (χ0v) is 13.0. The Morgan fingerprint density at radius 3 is 2.48 bits per heavy atom. The van der Waals surface area contributed by atoms with Crippen LogP contribution in [0.4, 0.5) is 5.69 Å². The standard InChI is InChI=1S/C15H19ClN2O3/c1-10-3-5-11(6-4-10)17(2)15(19)13-8-7-12(18(20)21)9-14(13)16/h7-11H,3-6H2,1-2H3. The van der Waals surface area contributed by atoms with Gasteiger partial charge in [0.05, 0.1) is 15.5 Å². The van der Waals surface area contributed by atoms with E-state index < -0.39 is 4.92 Å². The van der Waals surface area contributed by atoms with Crippen molar-refractivity contribution in [2.24, 2.45) is 5.92 Å². The minimum atomic E-state index is -0.521.